The quantitative estimate of drug-likeness (QED) is 0.787. The van der Waals surface area contributed by atoms with Gasteiger partial charge in [0, 0.05) is 28.9 Å². The third-order valence-electron chi connectivity index (χ3n) is 2.60. The van der Waals surface area contributed by atoms with Crippen molar-refractivity contribution in [3.05, 3.63) is 27.2 Å². The standard InChI is InChI=1S/C13H12BrNO4S/c1-7(16)19-4-3-8-5-10(14)12-11(15-8)9(6-20-12)13(17)18-2/h5-6H,3-4H2,1-2H3. The molecule has 0 atom stereocenters. The molecule has 0 fully saturated rings. The zero-order valence-electron chi connectivity index (χ0n) is 10.9. The monoisotopic (exact) mass is 357 g/mol. The summed E-state index contributed by atoms with van der Waals surface area (Å²) in [6.07, 6.45) is 0.491. The molecule has 0 saturated carbocycles. The summed E-state index contributed by atoms with van der Waals surface area (Å²) in [4.78, 5) is 26.9. The van der Waals surface area contributed by atoms with Crippen molar-refractivity contribution >= 4 is 49.4 Å². The van der Waals surface area contributed by atoms with Crippen molar-refractivity contribution < 1.29 is 19.1 Å². The summed E-state index contributed by atoms with van der Waals surface area (Å²) in [7, 11) is 1.34. The zero-order chi connectivity index (χ0) is 14.7. The third-order valence-corrected chi connectivity index (χ3v) is 4.49. The van der Waals surface area contributed by atoms with Crippen LogP contribution >= 0.6 is 27.3 Å². The van der Waals surface area contributed by atoms with E-state index in [-0.39, 0.29) is 12.6 Å². The van der Waals surface area contributed by atoms with Gasteiger partial charge in [-0.05, 0) is 22.0 Å². The Morgan fingerprint density at radius 3 is 2.85 bits per heavy atom. The predicted octanol–water partition coefficient (Wildman–Crippen LogP) is 2.95. The van der Waals surface area contributed by atoms with Crippen molar-refractivity contribution in [1.29, 1.82) is 0 Å². The fraction of sp³-hybridized carbons (Fsp3) is 0.308. The van der Waals surface area contributed by atoms with E-state index in [4.69, 9.17) is 9.47 Å². The van der Waals surface area contributed by atoms with Gasteiger partial charge in [-0.25, -0.2) is 4.79 Å². The first kappa shape index (κ1) is 14.9. The molecular weight excluding hydrogens is 346 g/mol. The number of halogens is 1. The summed E-state index contributed by atoms with van der Waals surface area (Å²) >= 11 is 4.89. The van der Waals surface area contributed by atoms with Crippen LogP contribution in [-0.2, 0) is 20.7 Å². The molecule has 0 amide bonds. The summed E-state index contributed by atoms with van der Waals surface area (Å²) in [5, 5.41) is 1.73. The van der Waals surface area contributed by atoms with Crippen molar-refractivity contribution in [2.45, 2.75) is 13.3 Å². The Morgan fingerprint density at radius 1 is 1.45 bits per heavy atom. The molecule has 0 spiro atoms. The Bertz CT molecular complexity index is 668. The average molecular weight is 358 g/mol. The number of rotatable bonds is 4. The van der Waals surface area contributed by atoms with E-state index < -0.39 is 5.97 Å². The molecule has 106 valence electrons. The maximum absolute atomic E-state index is 11.7. The van der Waals surface area contributed by atoms with Crippen LogP contribution in [0.15, 0.2) is 15.9 Å². The molecule has 2 heterocycles. The Balaban J connectivity index is 2.33. The molecule has 2 aromatic heterocycles. The van der Waals surface area contributed by atoms with E-state index in [0.717, 1.165) is 14.9 Å². The summed E-state index contributed by atoms with van der Waals surface area (Å²) in [5.41, 5.74) is 1.80. The van der Waals surface area contributed by atoms with E-state index in [1.807, 2.05) is 6.07 Å². The van der Waals surface area contributed by atoms with Crippen LogP contribution in [0.3, 0.4) is 0 Å². The summed E-state index contributed by atoms with van der Waals surface area (Å²) < 4.78 is 11.4. The highest BCUT2D eigenvalue weighted by Gasteiger charge is 2.16. The topological polar surface area (TPSA) is 65.5 Å². The van der Waals surface area contributed by atoms with Crippen molar-refractivity contribution in [1.82, 2.24) is 4.98 Å². The van der Waals surface area contributed by atoms with Crippen LogP contribution < -0.4 is 0 Å². The number of aromatic nitrogens is 1. The van der Waals surface area contributed by atoms with Crippen LogP contribution in [0.1, 0.15) is 23.0 Å². The molecule has 0 aliphatic heterocycles. The van der Waals surface area contributed by atoms with Gasteiger partial charge >= 0.3 is 11.9 Å². The van der Waals surface area contributed by atoms with Crippen molar-refractivity contribution in [3.63, 3.8) is 0 Å². The van der Waals surface area contributed by atoms with Gasteiger partial charge in [-0.1, -0.05) is 0 Å². The Kier molecular flexibility index (Phi) is 4.72. The number of carbonyl (C=O) groups is 2. The number of methoxy groups -OCH3 is 1. The second-order valence-electron chi connectivity index (χ2n) is 4.00. The second kappa shape index (κ2) is 6.32. The summed E-state index contributed by atoms with van der Waals surface area (Å²) in [6, 6.07) is 1.86. The minimum Gasteiger partial charge on any atom is -0.465 e. The first-order valence-corrected chi connectivity index (χ1v) is 7.48. The molecule has 7 heteroatoms. The van der Waals surface area contributed by atoms with E-state index in [1.54, 1.807) is 5.38 Å². The van der Waals surface area contributed by atoms with Gasteiger partial charge in [-0.3, -0.25) is 9.78 Å². The number of thiophene rings is 1. The SMILES string of the molecule is COC(=O)c1csc2c(Br)cc(CCOC(C)=O)nc12. The van der Waals surface area contributed by atoms with E-state index in [0.29, 0.717) is 17.5 Å². The number of esters is 2. The predicted molar refractivity (Wildman–Crippen MR) is 79.0 cm³/mol. The average Bonchev–Trinajstić information content (AvgIpc) is 2.82. The number of hydrogen-bond donors (Lipinski definition) is 0. The van der Waals surface area contributed by atoms with Crippen LogP contribution in [0.2, 0.25) is 0 Å². The van der Waals surface area contributed by atoms with Gasteiger partial charge in [-0.15, -0.1) is 11.3 Å². The van der Waals surface area contributed by atoms with Crippen LogP contribution in [0, 0.1) is 0 Å². The van der Waals surface area contributed by atoms with Crippen LogP contribution in [0.5, 0.6) is 0 Å². The minimum absolute atomic E-state index is 0.262. The van der Waals surface area contributed by atoms with Crippen molar-refractivity contribution in [2.24, 2.45) is 0 Å². The number of ether oxygens (including phenoxy) is 2. The number of carbonyl (C=O) groups excluding carboxylic acids is 2. The lowest BCUT2D eigenvalue weighted by molar-refractivity contribution is -0.140. The summed E-state index contributed by atoms with van der Waals surface area (Å²) in [5.74, 6) is -0.733. The van der Waals surface area contributed by atoms with Gasteiger partial charge in [0.2, 0.25) is 0 Å². The van der Waals surface area contributed by atoms with Gasteiger partial charge in [-0.2, -0.15) is 0 Å². The van der Waals surface area contributed by atoms with Gasteiger partial charge in [0.15, 0.2) is 0 Å². The normalized spacial score (nSPS) is 10.6. The van der Waals surface area contributed by atoms with Gasteiger partial charge in [0.05, 0.1) is 29.5 Å². The fourth-order valence-corrected chi connectivity index (χ4v) is 3.32. The molecule has 0 aliphatic rings. The van der Waals surface area contributed by atoms with E-state index in [9.17, 15) is 9.59 Å². The molecule has 0 unspecified atom stereocenters. The Labute approximate surface area is 128 Å². The first-order valence-electron chi connectivity index (χ1n) is 5.81. The van der Waals surface area contributed by atoms with E-state index in [1.165, 1.54) is 25.4 Å². The Hall–Kier alpha value is -1.47. The minimum atomic E-state index is -0.409. The number of hydrogen-bond acceptors (Lipinski definition) is 6. The highest BCUT2D eigenvalue weighted by atomic mass is 79.9. The van der Waals surface area contributed by atoms with Crippen LogP contribution in [0.4, 0.5) is 0 Å². The van der Waals surface area contributed by atoms with Crippen LogP contribution in [-0.4, -0.2) is 30.6 Å². The largest absolute Gasteiger partial charge is 0.465 e. The smallest absolute Gasteiger partial charge is 0.340 e. The number of fused-ring (bicyclic) bond motifs is 1. The molecule has 0 aromatic carbocycles. The molecule has 2 aromatic rings. The zero-order valence-corrected chi connectivity index (χ0v) is 13.3. The lowest BCUT2D eigenvalue weighted by atomic mass is 10.2. The van der Waals surface area contributed by atoms with E-state index in [2.05, 4.69) is 20.9 Å². The molecule has 5 nitrogen and oxygen atoms in total. The summed E-state index contributed by atoms with van der Waals surface area (Å²) in [6.45, 7) is 1.62. The molecule has 20 heavy (non-hydrogen) atoms. The fourth-order valence-electron chi connectivity index (χ4n) is 1.70. The third kappa shape index (κ3) is 3.16. The Morgan fingerprint density at radius 2 is 2.20 bits per heavy atom. The second-order valence-corrected chi connectivity index (χ2v) is 5.74. The van der Waals surface area contributed by atoms with Gasteiger partial charge < -0.3 is 9.47 Å². The van der Waals surface area contributed by atoms with Crippen molar-refractivity contribution in [2.75, 3.05) is 13.7 Å². The molecule has 2 rings (SSSR count). The maximum Gasteiger partial charge on any atom is 0.340 e. The first-order chi connectivity index (χ1) is 9.52. The molecule has 0 saturated heterocycles. The molecule has 0 bridgehead atoms. The number of nitrogens with zero attached hydrogens (tertiary/aromatic N) is 1. The molecular formula is C13H12BrNO4S. The number of pyridine rings is 1. The maximum atomic E-state index is 11.7. The highest BCUT2D eigenvalue weighted by Crippen LogP contribution is 2.32. The van der Waals surface area contributed by atoms with Gasteiger partial charge in [0.25, 0.3) is 0 Å². The lowest BCUT2D eigenvalue weighted by Crippen LogP contribution is -2.05. The lowest BCUT2D eigenvalue weighted by Gasteiger charge is -2.04. The van der Waals surface area contributed by atoms with Gasteiger partial charge in [0.1, 0.15) is 0 Å². The highest BCUT2D eigenvalue weighted by molar-refractivity contribution is 9.10. The van der Waals surface area contributed by atoms with Crippen molar-refractivity contribution in [3.8, 4) is 0 Å². The molecule has 0 radical (unpaired) electrons. The molecule has 0 aliphatic carbocycles. The van der Waals surface area contributed by atoms with E-state index >= 15 is 0 Å². The van der Waals surface area contributed by atoms with Crippen LogP contribution in [0.25, 0.3) is 10.2 Å². The molecule has 0 N–H and O–H groups in total.